The number of sulfonamides is 1. The quantitative estimate of drug-likeness (QED) is 0.370. The van der Waals surface area contributed by atoms with Crippen LogP contribution in [0.3, 0.4) is 0 Å². The van der Waals surface area contributed by atoms with Crippen molar-refractivity contribution >= 4 is 44.3 Å². The highest BCUT2D eigenvalue weighted by molar-refractivity contribution is 14.1. The van der Waals surface area contributed by atoms with Crippen molar-refractivity contribution in [2.45, 2.75) is 31.6 Å². The first-order valence-corrected chi connectivity index (χ1v) is 13.8. The Hall–Kier alpha value is -1.76. The van der Waals surface area contributed by atoms with E-state index in [9.17, 15) is 13.2 Å². The molecule has 0 radical (unpaired) electrons. The molecule has 0 unspecified atom stereocenters. The normalized spacial score (nSPS) is 16.3. The maximum absolute atomic E-state index is 13.2. The smallest absolute Gasteiger partial charge is 0.256 e. The monoisotopic (exact) mass is 586 g/mol. The van der Waals surface area contributed by atoms with Gasteiger partial charge in [-0.25, -0.2) is 17.7 Å². The molecule has 1 aromatic heterocycles. The second kappa shape index (κ2) is 11.6. The van der Waals surface area contributed by atoms with Gasteiger partial charge < -0.3 is 15.7 Å². The number of nitrogens with one attached hydrogen (secondary N) is 2. The van der Waals surface area contributed by atoms with Crippen molar-refractivity contribution < 1.29 is 18.3 Å². The minimum Gasteiger partial charge on any atom is -0.395 e. The first kappa shape index (κ1) is 25.9. The van der Waals surface area contributed by atoms with Crippen molar-refractivity contribution in [1.82, 2.24) is 14.6 Å². The van der Waals surface area contributed by atoms with Crippen molar-refractivity contribution in [2.24, 2.45) is 0 Å². The molecule has 1 aromatic carbocycles. The Kier molecular flexibility index (Phi) is 9.08. The van der Waals surface area contributed by atoms with Gasteiger partial charge in [-0.3, -0.25) is 4.79 Å². The van der Waals surface area contributed by atoms with E-state index in [-0.39, 0.29) is 23.7 Å². The van der Waals surface area contributed by atoms with Crippen LogP contribution in [0.1, 0.15) is 42.1 Å². The second-order valence-electron chi connectivity index (χ2n) is 8.21. The van der Waals surface area contributed by atoms with Crippen LogP contribution in [0.5, 0.6) is 0 Å². The SMILES string of the molecule is CCCS(=O)(=O)N1CCC(CNC(=O)c2c(I)ccnc2NCCO)(c2ccccc2)CC1. The molecule has 1 fully saturated rings. The lowest BCUT2D eigenvalue weighted by molar-refractivity contribution is 0.0932. The van der Waals surface area contributed by atoms with E-state index in [0.717, 1.165) is 9.13 Å². The molecular formula is C23H31IN4O4S. The Morgan fingerprint density at radius 3 is 2.55 bits per heavy atom. The van der Waals surface area contributed by atoms with Crippen LogP contribution in [-0.4, -0.2) is 67.3 Å². The summed E-state index contributed by atoms with van der Waals surface area (Å²) in [6.45, 7) is 3.35. The van der Waals surface area contributed by atoms with Gasteiger partial charge in [0.25, 0.3) is 5.91 Å². The van der Waals surface area contributed by atoms with Crippen molar-refractivity contribution in [3.8, 4) is 0 Å². The maximum atomic E-state index is 13.2. The van der Waals surface area contributed by atoms with Gasteiger partial charge in [-0.2, -0.15) is 0 Å². The average Bonchev–Trinajstić information content (AvgIpc) is 2.82. The van der Waals surface area contributed by atoms with Crippen LogP contribution in [-0.2, 0) is 15.4 Å². The van der Waals surface area contributed by atoms with Gasteiger partial charge >= 0.3 is 0 Å². The standard InChI is InChI=1S/C23H31IN4O4S/c1-2-16-33(31,32)28-13-9-23(10-14-28,18-6-4-3-5-7-18)17-27-22(30)20-19(24)8-11-25-21(20)26-12-15-29/h3-8,11,29H,2,9-10,12-17H2,1H3,(H,25,26)(H,27,30). The molecule has 3 N–H and O–H groups in total. The number of amides is 1. The number of hydrogen-bond acceptors (Lipinski definition) is 6. The summed E-state index contributed by atoms with van der Waals surface area (Å²) < 4.78 is 27.5. The Morgan fingerprint density at radius 1 is 1.21 bits per heavy atom. The third kappa shape index (κ3) is 6.23. The molecule has 2 heterocycles. The number of nitrogens with zero attached hydrogens (tertiary/aromatic N) is 2. The number of benzene rings is 1. The number of rotatable bonds is 10. The fraction of sp³-hybridized carbons (Fsp3) is 0.478. The molecule has 3 rings (SSSR count). The Bertz CT molecular complexity index is 1040. The minimum atomic E-state index is -3.25. The molecule has 10 heteroatoms. The Morgan fingerprint density at radius 2 is 1.91 bits per heavy atom. The fourth-order valence-corrected chi connectivity index (χ4v) is 6.41. The van der Waals surface area contributed by atoms with Crippen molar-refractivity contribution in [3.63, 3.8) is 0 Å². The second-order valence-corrected chi connectivity index (χ2v) is 11.5. The molecule has 0 saturated carbocycles. The molecule has 1 aliphatic heterocycles. The van der Waals surface area contributed by atoms with E-state index in [1.54, 1.807) is 16.6 Å². The van der Waals surface area contributed by atoms with Gasteiger partial charge in [0.1, 0.15) is 5.82 Å². The number of carbonyl (C=O) groups excluding carboxylic acids is 1. The topological polar surface area (TPSA) is 112 Å². The van der Waals surface area contributed by atoms with E-state index in [1.807, 2.05) is 37.3 Å². The van der Waals surface area contributed by atoms with Gasteiger partial charge in [0.05, 0.1) is 17.9 Å². The number of halogens is 1. The van der Waals surface area contributed by atoms with Crippen molar-refractivity contribution in [1.29, 1.82) is 0 Å². The Labute approximate surface area is 209 Å². The molecule has 180 valence electrons. The van der Waals surface area contributed by atoms with Gasteiger partial charge in [0, 0.05) is 41.4 Å². The molecule has 8 nitrogen and oxygen atoms in total. The van der Waals surface area contributed by atoms with Crippen LogP contribution in [0.2, 0.25) is 0 Å². The lowest BCUT2D eigenvalue weighted by atomic mass is 9.73. The highest BCUT2D eigenvalue weighted by Crippen LogP contribution is 2.36. The molecule has 1 aliphatic rings. The number of aliphatic hydroxyl groups excluding tert-OH is 1. The van der Waals surface area contributed by atoms with Crippen molar-refractivity contribution in [2.75, 3.05) is 43.9 Å². The molecule has 1 amide bonds. The van der Waals surface area contributed by atoms with Gasteiger partial charge in [-0.1, -0.05) is 37.3 Å². The van der Waals surface area contributed by atoms with E-state index in [4.69, 9.17) is 5.11 Å². The van der Waals surface area contributed by atoms with E-state index in [2.05, 4.69) is 38.2 Å². The van der Waals surface area contributed by atoms with Crippen LogP contribution < -0.4 is 10.6 Å². The van der Waals surface area contributed by atoms with Crippen LogP contribution in [0.25, 0.3) is 0 Å². The van der Waals surface area contributed by atoms with Crippen LogP contribution in [0, 0.1) is 3.57 Å². The van der Waals surface area contributed by atoms with Gasteiger partial charge in [0.15, 0.2) is 0 Å². The summed E-state index contributed by atoms with van der Waals surface area (Å²) in [6.07, 6.45) is 3.46. The lowest BCUT2D eigenvalue weighted by Crippen LogP contribution is -2.50. The van der Waals surface area contributed by atoms with Gasteiger partial charge in [0.2, 0.25) is 10.0 Å². The largest absolute Gasteiger partial charge is 0.395 e. The molecule has 1 saturated heterocycles. The highest BCUT2D eigenvalue weighted by Gasteiger charge is 2.39. The van der Waals surface area contributed by atoms with E-state index in [0.29, 0.717) is 56.8 Å². The summed E-state index contributed by atoms with van der Waals surface area (Å²) in [5.41, 5.74) is 1.18. The average molecular weight is 586 g/mol. The number of pyridine rings is 1. The number of anilines is 1. The molecular weight excluding hydrogens is 555 g/mol. The number of hydrogen-bond donors (Lipinski definition) is 3. The first-order valence-electron chi connectivity index (χ1n) is 11.1. The predicted octanol–water partition coefficient (Wildman–Crippen LogP) is 2.59. The number of aliphatic hydroxyl groups is 1. The summed E-state index contributed by atoms with van der Waals surface area (Å²) >= 11 is 2.10. The molecule has 0 aliphatic carbocycles. The summed E-state index contributed by atoms with van der Waals surface area (Å²) in [6, 6.07) is 11.8. The molecule has 0 spiro atoms. The lowest BCUT2D eigenvalue weighted by Gasteiger charge is -2.42. The van der Waals surface area contributed by atoms with Crippen LogP contribution >= 0.6 is 22.6 Å². The number of piperidine rings is 1. The summed E-state index contributed by atoms with van der Waals surface area (Å²) in [5.74, 6) is 0.345. The minimum absolute atomic E-state index is 0.0667. The highest BCUT2D eigenvalue weighted by atomic mass is 127. The molecule has 0 bridgehead atoms. The zero-order valence-electron chi connectivity index (χ0n) is 18.8. The molecule has 0 atom stereocenters. The van der Waals surface area contributed by atoms with E-state index >= 15 is 0 Å². The predicted molar refractivity (Wildman–Crippen MR) is 138 cm³/mol. The van der Waals surface area contributed by atoms with Gasteiger partial charge in [-0.05, 0) is 53.5 Å². The number of carbonyl (C=O) groups is 1. The maximum Gasteiger partial charge on any atom is 0.256 e. The zero-order valence-corrected chi connectivity index (χ0v) is 21.7. The third-order valence-corrected chi connectivity index (χ3v) is 9.01. The van der Waals surface area contributed by atoms with Crippen LogP contribution in [0.4, 0.5) is 5.82 Å². The summed E-state index contributed by atoms with van der Waals surface area (Å²) in [4.78, 5) is 17.5. The summed E-state index contributed by atoms with van der Waals surface area (Å²) in [5, 5.41) is 15.2. The zero-order chi connectivity index (χ0) is 23.9. The first-order chi connectivity index (χ1) is 15.8. The van der Waals surface area contributed by atoms with Crippen molar-refractivity contribution in [3.05, 3.63) is 57.3 Å². The Balaban J connectivity index is 1.81. The third-order valence-electron chi connectivity index (χ3n) is 6.04. The van der Waals surface area contributed by atoms with Gasteiger partial charge in [-0.15, -0.1) is 0 Å². The summed E-state index contributed by atoms with van der Waals surface area (Å²) in [7, 11) is -3.25. The number of aromatic nitrogens is 1. The molecule has 2 aromatic rings. The van der Waals surface area contributed by atoms with Crippen LogP contribution in [0.15, 0.2) is 42.6 Å². The molecule has 33 heavy (non-hydrogen) atoms. The van der Waals surface area contributed by atoms with E-state index in [1.165, 1.54) is 0 Å². The van der Waals surface area contributed by atoms with E-state index < -0.39 is 10.0 Å². The fourth-order valence-electron chi connectivity index (χ4n) is 4.24.